The van der Waals surface area contributed by atoms with Crippen molar-refractivity contribution in [3.05, 3.63) is 21.2 Å². The lowest BCUT2D eigenvalue weighted by Gasteiger charge is -2.13. The summed E-state index contributed by atoms with van der Waals surface area (Å²) in [5.74, 6) is -2.75. The number of phenolic OH excluding ortho intramolecular Hbond substituents is 1. The van der Waals surface area contributed by atoms with E-state index in [0.717, 1.165) is 32.1 Å². The standard InChI is InChI=1S/C14H18Cl2O4/c1-2-3-4-5-6-7-8-9(14(19)20)12(17)13(18)11(16)10(8)15/h17-18H,2-7H2,1H3,(H,19,20). The number of carboxylic acids is 1. The van der Waals surface area contributed by atoms with Crippen molar-refractivity contribution >= 4 is 29.2 Å². The van der Waals surface area contributed by atoms with Crippen molar-refractivity contribution in [3.8, 4) is 11.5 Å². The number of hydrogen-bond acceptors (Lipinski definition) is 3. The molecular formula is C14H18Cl2O4. The Morgan fingerprint density at radius 2 is 1.60 bits per heavy atom. The molecule has 112 valence electrons. The van der Waals surface area contributed by atoms with Gasteiger partial charge in [-0.2, -0.15) is 0 Å². The van der Waals surface area contributed by atoms with Gasteiger partial charge in [0, 0.05) is 0 Å². The van der Waals surface area contributed by atoms with Crippen LogP contribution in [-0.2, 0) is 6.42 Å². The lowest BCUT2D eigenvalue weighted by molar-refractivity contribution is 0.0691. The maximum Gasteiger partial charge on any atom is 0.339 e. The molecule has 0 radical (unpaired) electrons. The molecule has 0 aromatic heterocycles. The van der Waals surface area contributed by atoms with Gasteiger partial charge in [0.2, 0.25) is 0 Å². The first-order valence-electron chi connectivity index (χ1n) is 6.56. The van der Waals surface area contributed by atoms with Crippen LogP contribution in [0.25, 0.3) is 0 Å². The lowest BCUT2D eigenvalue weighted by Crippen LogP contribution is -2.05. The van der Waals surface area contributed by atoms with E-state index < -0.39 is 17.5 Å². The summed E-state index contributed by atoms with van der Waals surface area (Å²) in [5.41, 5.74) is -0.0941. The Balaban J connectivity index is 3.01. The number of carboxylic acid groups (broad SMARTS) is 1. The van der Waals surface area contributed by atoms with Crippen LogP contribution in [0.4, 0.5) is 0 Å². The molecule has 20 heavy (non-hydrogen) atoms. The normalized spacial score (nSPS) is 10.8. The molecule has 6 heteroatoms. The molecule has 0 aliphatic carbocycles. The molecule has 0 bridgehead atoms. The molecule has 0 saturated carbocycles. The number of phenols is 2. The molecule has 0 spiro atoms. The molecule has 0 unspecified atom stereocenters. The summed E-state index contributed by atoms with van der Waals surface area (Å²) in [4.78, 5) is 11.2. The molecular weight excluding hydrogens is 303 g/mol. The average molecular weight is 321 g/mol. The molecule has 1 rings (SSSR count). The average Bonchev–Trinajstić information content (AvgIpc) is 2.41. The van der Waals surface area contributed by atoms with E-state index in [2.05, 4.69) is 6.92 Å². The van der Waals surface area contributed by atoms with Crippen LogP contribution in [0, 0.1) is 0 Å². The molecule has 1 aromatic rings. The van der Waals surface area contributed by atoms with Gasteiger partial charge in [-0.1, -0.05) is 55.8 Å². The van der Waals surface area contributed by atoms with Gasteiger partial charge in [0.15, 0.2) is 11.5 Å². The maximum atomic E-state index is 11.2. The van der Waals surface area contributed by atoms with Crippen molar-refractivity contribution in [1.29, 1.82) is 0 Å². The summed E-state index contributed by atoms with van der Waals surface area (Å²) in [6.45, 7) is 2.11. The minimum Gasteiger partial charge on any atom is -0.504 e. The third kappa shape index (κ3) is 3.70. The van der Waals surface area contributed by atoms with E-state index >= 15 is 0 Å². The van der Waals surface area contributed by atoms with Crippen molar-refractivity contribution in [2.24, 2.45) is 0 Å². The van der Waals surface area contributed by atoms with Crippen LogP contribution < -0.4 is 0 Å². The molecule has 0 fully saturated rings. The largest absolute Gasteiger partial charge is 0.504 e. The number of aromatic hydroxyl groups is 2. The molecule has 0 aliphatic heterocycles. The Hall–Kier alpha value is -1.13. The zero-order valence-electron chi connectivity index (χ0n) is 11.2. The minimum absolute atomic E-state index is 0.00476. The summed E-state index contributed by atoms with van der Waals surface area (Å²) in [5, 5.41) is 28.2. The molecule has 0 atom stereocenters. The number of halogens is 2. The monoisotopic (exact) mass is 320 g/mol. The minimum atomic E-state index is -1.33. The number of benzene rings is 1. The third-order valence-electron chi connectivity index (χ3n) is 3.17. The van der Waals surface area contributed by atoms with Gasteiger partial charge in [0.25, 0.3) is 0 Å². The summed E-state index contributed by atoms with van der Waals surface area (Å²) < 4.78 is 0. The Kier molecular flexibility index (Phi) is 6.43. The zero-order chi connectivity index (χ0) is 15.3. The van der Waals surface area contributed by atoms with E-state index in [1.54, 1.807) is 0 Å². The number of unbranched alkanes of at least 4 members (excludes halogenated alkanes) is 4. The van der Waals surface area contributed by atoms with Crippen LogP contribution in [0.3, 0.4) is 0 Å². The maximum absolute atomic E-state index is 11.2. The number of carbonyl (C=O) groups is 1. The van der Waals surface area contributed by atoms with Crippen molar-refractivity contribution in [1.82, 2.24) is 0 Å². The fourth-order valence-corrected chi connectivity index (χ4v) is 2.56. The van der Waals surface area contributed by atoms with Crippen molar-refractivity contribution in [2.75, 3.05) is 0 Å². The van der Waals surface area contributed by atoms with Gasteiger partial charge >= 0.3 is 5.97 Å². The van der Waals surface area contributed by atoms with Crippen molar-refractivity contribution in [3.63, 3.8) is 0 Å². The second kappa shape index (κ2) is 7.60. The predicted molar refractivity (Wildman–Crippen MR) is 79.2 cm³/mol. The van der Waals surface area contributed by atoms with Crippen LogP contribution in [0.1, 0.15) is 54.9 Å². The Morgan fingerprint density at radius 1 is 1.00 bits per heavy atom. The highest BCUT2D eigenvalue weighted by atomic mass is 35.5. The van der Waals surface area contributed by atoms with E-state index in [1.165, 1.54) is 0 Å². The van der Waals surface area contributed by atoms with E-state index in [-0.39, 0.29) is 21.2 Å². The smallest absolute Gasteiger partial charge is 0.339 e. The van der Waals surface area contributed by atoms with Gasteiger partial charge in [0.05, 0.1) is 5.02 Å². The van der Waals surface area contributed by atoms with Crippen LogP contribution in [-0.4, -0.2) is 21.3 Å². The SMILES string of the molecule is CCCCCCCc1c(Cl)c(Cl)c(O)c(O)c1C(=O)O. The highest BCUT2D eigenvalue weighted by Crippen LogP contribution is 2.44. The number of hydrogen-bond donors (Lipinski definition) is 3. The van der Waals surface area contributed by atoms with Crippen LogP contribution in [0.5, 0.6) is 11.5 Å². The molecule has 1 aromatic carbocycles. The van der Waals surface area contributed by atoms with Gasteiger partial charge in [0.1, 0.15) is 10.6 Å². The first-order valence-corrected chi connectivity index (χ1v) is 7.32. The summed E-state index contributed by atoms with van der Waals surface area (Å²) in [6, 6.07) is 0. The van der Waals surface area contributed by atoms with Crippen molar-refractivity contribution < 1.29 is 20.1 Å². The van der Waals surface area contributed by atoms with Gasteiger partial charge < -0.3 is 15.3 Å². The second-order valence-corrected chi connectivity index (χ2v) is 5.40. The highest BCUT2D eigenvalue weighted by molar-refractivity contribution is 6.44. The fraction of sp³-hybridized carbons (Fsp3) is 0.500. The first kappa shape index (κ1) is 16.9. The van der Waals surface area contributed by atoms with Crippen molar-refractivity contribution in [2.45, 2.75) is 45.4 Å². The van der Waals surface area contributed by atoms with Gasteiger partial charge in [-0.25, -0.2) is 4.79 Å². The molecule has 0 aliphatic rings. The Bertz CT molecular complexity index is 501. The van der Waals surface area contributed by atoms with E-state index in [4.69, 9.17) is 28.3 Å². The molecule has 0 amide bonds. The van der Waals surface area contributed by atoms with Gasteiger partial charge in [-0.05, 0) is 18.4 Å². The fourth-order valence-electron chi connectivity index (χ4n) is 2.08. The molecule has 0 heterocycles. The first-order chi connectivity index (χ1) is 9.41. The van der Waals surface area contributed by atoms with Crippen LogP contribution in [0.15, 0.2) is 0 Å². The Morgan fingerprint density at radius 3 is 2.15 bits per heavy atom. The lowest BCUT2D eigenvalue weighted by atomic mass is 9.99. The number of aromatic carboxylic acids is 1. The summed E-state index contributed by atoms with van der Waals surface area (Å²) in [6.07, 6.45) is 5.41. The molecule has 0 saturated heterocycles. The van der Waals surface area contributed by atoms with E-state index in [0.29, 0.717) is 6.42 Å². The van der Waals surface area contributed by atoms with Gasteiger partial charge in [-0.3, -0.25) is 0 Å². The Labute approximate surface area is 128 Å². The summed E-state index contributed by atoms with van der Waals surface area (Å²) in [7, 11) is 0. The van der Waals surface area contributed by atoms with E-state index in [9.17, 15) is 15.0 Å². The highest BCUT2D eigenvalue weighted by Gasteiger charge is 2.25. The second-order valence-electron chi connectivity index (χ2n) is 4.65. The topological polar surface area (TPSA) is 77.8 Å². The van der Waals surface area contributed by atoms with Crippen LogP contribution in [0.2, 0.25) is 10.0 Å². The zero-order valence-corrected chi connectivity index (χ0v) is 12.8. The van der Waals surface area contributed by atoms with Gasteiger partial charge in [-0.15, -0.1) is 0 Å². The quantitative estimate of drug-likeness (QED) is 0.506. The third-order valence-corrected chi connectivity index (χ3v) is 4.05. The molecule has 4 nitrogen and oxygen atoms in total. The predicted octanol–water partition coefficient (Wildman–Crippen LogP) is 4.62. The van der Waals surface area contributed by atoms with Crippen LogP contribution >= 0.6 is 23.2 Å². The summed E-state index contributed by atoms with van der Waals surface area (Å²) >= 11 is 11.8. The molecule has 3 N–H and O–H groups in total. The number of rotatable bonds is 7. The van der Waals surface area contributed by atoms with E-state index in [1.807, 2.05) is 0 Å².